The highest BCUT2D eigenvalue weighted by Crippen LogP contribution is 2.31. The predicted octanol–water partition coefficient (Wildman–Crippen LogP) is 3.26. The number of carboxylic acid groups (broad SMARTS) is 1. The van der Waals surface area contributed by atoms with E-state index in [4.69, 9.17) is 28.3 Å². The lowest BCUT2D eigenvalue weighted by molar-refractivity contribution is 0.0697. The van der Waals surface area contributed by atoms with Gasteiger partial charge >= 0.3 is 5.97 Å². The Balaban J connectivity index is 3.16. The molecule has 0 aliphatic heterocycles. The van der Waals surface area contributed by atoms with Crippen LogP contribution >= 0.6 is 23.2 Å². The van der Waals surface area contributed by atoms with E-state index in [2.05, 4.69) is 4.72 Å². The fraction of sp³-hybridized carbons (Fsp3) is 0.462. The van der Waals surface area contributed by atoms with Crippen LogP contribution in [0.3, 0.4) is 0 Å². The molecule has 1 aromatic rings. The second-order valence-corrected chi connectivity index (χ2v) is 7.63. The van der Waals surface area contributed by atoms with E-state index in [1.54, 1.807) is 0 Å². The third-order valence-electron chi connectivity index (χ3n) is 3.29. The number of benzene rings is 1. The van der Waals surface area contributed by atoms with Gasteiger partial charge in [0.2, 0.25) is 10.0 Å². The third kappa shape index (κ3) is 4.32. The minimum absolute atomic E-state index is 0.109. The van der Waals surface area contributed by atoms with Crippen LogP contribution in [0.2, 0.25) is 10.0 Å². The Labute approximate surface area is 134 Å². The maximum atomic E-state index is 12.2. The van der Waals surface area contributed by atoms with Gasteiger partial charge in [-0.15, -0.1) is 0 Å². The van der Waals surface area contributed by atoms with Gasteiger partial charge in [0.1, 0.15) is 4.90 Å². The molecule has 0 saturated heterocycles. The molecule has 0 radical (unpaired) electrons. The Morgan fingerprint density at radius 3 is 2.33 bits per heavy atom. The zero-order valence-electron chi connectivity index (χ0n) is 11.9. The Bertz CT molecular complexity index is 644. The van der Waals surface area contributed by atoms with E-state index < -0.39 is 21.6 Å². The summed E-state index contributed by atoms with van der Waals surface area (Å²) in [6.07, 6.45) is 0. The van der Waals surface area contributed by atoms with Gasteiger partial charge < -0.3 is 5.11 Å². The number of rotatable bonds is 6. The van der Waals surface area contributed by atoms with Crippen LogP contribution in [0.4, 0.5) is 0 Å². The van der Waals surface area contributed by atoms with Crippen molar-refractivity contribution in [1.82, 2.24) is 4.72 Å². The highest BCUT2D eigenvalue weighted by molar-refractivity contribution is 7.89. The summed E-state index contributed by atoms with van der Waals surface area (Å²) in [7, 11) is -3.90. The Kier molecular flexibility index (Phi) is 6.04. The van der Waals surface area contributed by atoms with Crippen molar-refractivity contribution < 1.29 is 18.3 Å². The molecule has 0 spiro atoms. The summed E-state index contributed by atoms with van der Waals surface area (Å²) in [6.45, 7) is 6.12. The Morgan fingerprint density at radius 1 is 1.29 bits per heavy atom. The van der Waals surface area contributed by atoms with E-state index >= 15 is 0 Å². The topological polar surface area (TPSA) is 83.5 Å². The average Bonchev–Trinajstić information content (AvgIpc) is 2.35. The SMILES string of the molecule is CC(C)C(C)CNS(=O)(=O)c1ccc(Cl)c(C(=O)O)c1Cl. The number of nitrogens with one attached hydrogen (secondary N) is 1. The van der Waals surface area contributed by atoms with Crippen LogP contribution < -0.4 is 4.72 Å². The first kappa shape index (κ1) is 18.2. The summed E-state index contributed by atoms with van der Waals surface area (Å²) in [6, 6.07) is 2.40. The zero-order valence-corrected chi connectivity index (χ0v) is 14.2. The second-order valence-electron chi connectivity index (χ2n) is 5.11. The first-order valence-corrected chi connectivity index (χ1v) is 8.52. The van der Waals surface area contributed by atoms with Crippen LogP contribution in [0.1, 0.15) is 31.1 Å². The molecule has 0 fully saturated rings. The summed E-state index contributed by atoms with van der Waals surface area (Å²) in [5.74, 6) is -0.939. The molecule has 1 aromatic carbocycles. The minimum Gasteiger partial charge on any atom is -0.478 e. The van der Waals surface area contributed by atoms with Crippen molar-refractivity contribution in [2.24, 2.45) is 11.8 Å². The van der Waals surface area contributed by atoms with Crippen LogP contribution in [0.25, 0.3) is 0 Å². The Hall–Kier alpha value is -0.820. The lowest BCUT2D eigenvalue weighted by Gasteiger charge is -2.17. The van der Waals surface area contributed by atoms with Crippen LogP contribution in [-0.4, -0.2) is 26.0 Å². The van der Waals surface area contributed by atoms with Crippen molar-refractivity contribution in [3.05, 3.63) is 27.7 Å². The van der Waals surface area contributed by atoms with Gasteiger partial charge in [0, 0.05) is 6.54 Å². The van der Waals surface area contributed by atoms with Crippen LogP contribution in [0, 0.1) is 11.8 Å². The molecule has 0 aliphatic carbocycles. The van der Waals surface area contributed by atoms with Crippen molar-refractivity contribution in [3.8, 4) is 0 Å². The first-order valence-electron chi connectivity index (χ1n) is 6.29. The van der Waals surface area contributed by atoms with E-state index in [-0.39, 0.29) is 27.4 Å². The monoisotopic (exact) mass is 353 g/mol. The molecule has 0 bridgehead atoms. The summed E-state index contributed by atoms with van der Waals surface area (Å²) in [5, 5.41) is 8.55. The summed E-state index contributed by atoms with van der Waals surface area (Å²) in [4.78, 5) is 10.8. The first-order chi connectivity index (χ1) is 9.58. The van der Waals surface area contributed by atoms with Crippen molar-refractivity contribution in [1.29, 1.82) is 0 Å². The molecule has 0 aromatic heterocycles. The van der Waals surface area contributed by atoms with E-state index in [9.17, 15) is 13.2 Å². The standard InChI is InChI=1S/C13H17Cl2NO4S/c1-7(2)8(3)6-16-21(19,20)10-5-4-9(14)11(12(10)15)13(17)18/h4-5,7-8,16H,6H2,1-3H3,(H,17,18). The fourth-order valence-corrected chi connectivity index (χ4v) is 3.55. The van der Waals surface area contributed by atoms with Gasteiger partial charge in [0.15, 0.2) is 0 Å². The lowest BCUT2D eigenvalue weighted by atomic mass is 9.99. The third-order valence-corrected chi connectivity index (χ3v) is 5.58. The second kappa shape index (κ2) is 6.96. The van der Waals surface area contributed by atoms with Crippen molar-refractivity contribution >= 4 is 39.2 Å². The van der Waals surface area contributed by atoms with Crippen LogP contribution in [-0.2, 0) is 10.0 Å². The Morgan fingerprint density at radius 2 is 1.86 bits per heavy atom. The molecular formula is C13H17Cl2NO4S. The minimum atomic E-state index is -3.90. The molecule has 0 amide bonds. The summed E-state index contributed by atoms with van der Waals surface area (Å²) >= 11 is 11.6. The number of sulfonamides is 1. The number of aromatic carboxylic acids is 1. The number of hydrogen-bond donors (Lipinski definition) is 2. The number of carbonyl (C=O) groups is 1. The van der Waals surface area contributed by atoms with Gasteiger partial charge in [0.25, 0.3) is 0 Å². The number of hydrogen-bond acceptors (Lipinski definition) is 3. The number of carboxylic acids is 1. The quantitative estimate of drug-likeness (QED) is 0.821. The van der Waals surface area contributed by atoms with E-state index in [0.29, 0.717) is 5.92 Å². The molecule has 0 aliphatic rings. The van der Waals surface area contributed by atoms with Gasteiger partial charge in [-0.3, -0.25) is 0 Å². The molecule has 5 nitrogen and oxygen atoms in total. The van der Waals surface area contributed by atoms with E-state index in [0.717, 1.165) is 0 Å². The number of halogens is 2. The predicted molar refractivity (Wildman–Crippen MR) is 82.6 cm³/mol. The zero-order chi connectivity index (χ0) is 16.4. The lowest BCUT2D eigenvalue weighted by Crippen LogP contribution is -2.30. The molecule has 0 heterocycles. The molecule has 2 N–H and O–H groups in total. The van der Waals surface area contributed by atoms with E-state index in [1.165, 1.54) is 12.1 Å². The van der Waals surface area contributed by atoms with Crippen molar-refractivity contribution in [2.45, 2.75) is 25.7 Å². The fourth-order valence-electron chi connectivity index (χ4n) is 1.49. The van der Waals surface area contributed by atoms with Gasteiger partial charge in [-0.05, 0) is 24.0 Å². The molecule has 1 rings (SSSR count). The average molecular weight is 354 g/mol. The van der Waals surface area contributed by atoms with Gasteiger partial charge in [0.05, 0.1) is 15.6 Å². The molecule has 1 unspecified atom stereocenters. The highest BCUT2D eigenvalue weighted by Gasteiger charge is 2.25. The van der Waals surface area contributed by atoms with Crippen molar-refractivity contribution in [2.75, 3.05) is 6.54 Å². The van der Waals surface area contributed by atoms with Crippen molar-refractivity contribution in [3.63, 3.8) is 0 Å². The maximum absolute atomic E-state index is 12.2. The molecule has 21 heavy (non-hydrogen) atoms. The maximum Gasteiger partial charge on any atom is 0.338 e. The van der Waals surface area contributed by atoms with Crippen LogP contribution in [0.5, 0.6) is 0 Å². The van der Waals surface area contributed by atoms with Gasteiger partial charge in [-0.1, -0.05) is 44.0 Å². The molecular weight excluding hydrogens is 337 g/mol. The molecule has 8 heteroatoms. The summed E-state index contributed by atoms with van der Waals surface area (Å²) in [5.41, 5.74) is -0.418. The highest BCUT2D eigenvalue weighted by atomic mass is 35.5. The molecule has 0 saturated carbocycles. The van der Waals surface area contributed by atoms with Gasteiger partial charge in [-0.25, -0.2) is 17.9 Å². The summed E-state index contributed by atoms with van der Waals surface area (Å²) < 4.78 is 26.9. The smallest absolute Gasteiger partial charge is 0.338 e. The largest absolute Gasteiger partial charge is 0.478 e. The van der Waals surface area contributed by atoms with Gasteiger partial charge in [-0.2, -0.15) is 0 Å². The normalized spacial score (nSPS) is 13.4. The molecule has 118 valence electrons. The van der Waals surface area contributed by atoms with E-state index in [1.807, 2.05) is 20.8 Å². The molecule has 1 atom stereocenters. The van der Waals surface area contributed by atoms with Crippen LogP contribution in [0.15, 0.2) is 17.0 Å².